The van der Waals surface area contributed by atoms with Gasteiger partial charge in [-0.2, -0.15) is 0 Å². The second kappa shape index (κ2) is 7.41. The lowest BCUT2D eigenvalue weighted by atomic mass is 9.63. The van der Waals surface area contributed by atoms with Crippen molar-refractivity contribution < 1.29 is 19.1 Å². The lowest BCUT2D eigenvalue weighted by Crippen LogP contribution is -2.48. The van der Waals surface area contributed by atoms with Gasteiger partial charge in [0.15, 0.2) is 0 Å². The summed E-state index contributed by atoms with van der Waals surface area (Å²) in [5, 5.41) is 0. The monoisotopic (exact) mass is 441 g/mol. The summed E-state index contributed by atoms with van der Waals surface area (Å²) in [6.07, 6.45) is 5.65. The molecule has 168 valence electrons. The van der Waals surface area contributed by atoms with Gasteiger partial charge in [0, 0.05) is 6.42 Å². The third-order valence-corrected chi connectivity index (χ3v) is 7.97. The molecule has 5 aliphatic rings. The predicted molar refractivity (Wildman–Crippen MR) is 122 cm³/mol. The predicted octanol–water partition coefficient (Wildman–Crippen LogP) is 3.87. The molecule has 0 radical (unpaired) electrons. The Morgan fingerprint density at radius 2 is 1.52 bits per heavy atom. The number of hydrogen-bond acceptors (Lipinski definition) is 4. The molecule has 0 spiro atoms. The molecular weight excluding hydrogens is 414 g/mol. The molecular formula is C28H27NO4. The fourth-order valence-corrected chi connectivity index (χ4v) is 6.58. The molecule has 5 heteroatoms. The molecule has 2 amide bonds. The lowest BCUT2D eigenvalue weighted by Gasteiger charge is -2.37. The topological polar surface area (TPSA) is 63.7 Å². The van der Waals surface area contributed by atoms with Crippen molar-refractivity contribution in [1.29, 1.82) is 0 Å². The summed E-state index contributed by atoms with van der Waals surface area (Å²) in [6, 6.07) is 14.2. The van der Waals surface area contributed by atoms with Crippen molar-refractivity contribution >= 4 is 17.8 Å². The smallest absolute Gasteiger partial charge is 0.335 e. The fraction of sp³-hybridized carbons (Fsp3) is 0.393. The molecule has 2 aromatic rings. The van der Waals surface area contributed by atoms with Crippen molar-refractivity contribution in [3.63, 3.8) is 0 Å². The first kappa shape index (κ1) is 20.4. The normalized spacial score (nSPS) is 31.9. The third-order valence-electron chi connectivity index (χ3n) is 7.97. The van der Waals surface area contributed by atoms with Crippen LogP contribution < -0.4 is 4.74 Å². The number of aryl methyl sites for hydroxylation is 2. The maximum atomic E-state index is 13.7. The Hall–Kier alpha value is -3.21. The van der Waals surface area contributed by atoms with Gasteiger partial charge in [-0.15, -0.1) is 0 Å². The average molecular weight is 442 g/mol. The van der Waals surface area contributed by atoms with Crippen LogP contribution in [-0.4, -0.2) is 28.7 Å². The van der Waals surface area contributed by atoms with E-state index in [1.165, 1.54) is 4.90 Å². The number of rotatable bonds is 5. The largest absolute Gasteiger partial charge is 0.425 e. The van der Waals surface area contributed by atoms with E-state index in [0.29, 0.717) is 17.6 Å². The van der Waals surface area contributed by atoms with Gasteiger partial charge in [-0.25, -0.2) is 4.79 Å². The van der Waals surface area contributed by atoms with E-state index in [4.69, 9.17) is 4.74 Å². The quantitative estimate of drug-likeness (QED) is 0.306. The summed E-state index contributed by atoms with van der Waals surface area (Å²) in [4.78, 5) is 42.1. The van der Waals surface area contributed by atoms with E-state index in [2.05, 4.69) is 12.2 Å². The van der Waals surface area contributed by atoms with Gasteiger partial charge >= 0.3 is 5.97 Å². The minimum Gasteiger partial charge on any atom is -0.425 e. The zero-order chi connectivity index (χ0) is 22.9. The van der Waals surface area contributed by atoms with Gasteiger partial charge in [0.2, 0.25) is 11.8 Å². The standard InChI is InChI=1S/C28H27NO4/c1-15-10-16(2)12-18(11-15)33-28(32)23(13-17-6-4-3-5-7-17)29-26(30)24-19-8-9-20(22-14-21(19)22)25(24)27(29)31/h3-12,19-25H,13-14H2,1-2H3/t19-,20-,21-,22-,23-,24-,25+/m0/s1. The Kier molecular flexibility index (Phi) is 4.58. The summed E-state index contributed by atoms with van der Waals surface area (Å²) in [5.74, 6) is 0.108. The number of hydrogen-bond donors (Lipinski definition) is 0. The Morgan fingerprint density at radius 3 is 2.09 bits per heavy atom. The van der Waals surface area contributed by atoms with Crippen LogP contribution in [0, 0.1) is 49.4 Å². The van der Waals surface area contributed by atoms with Crippen LogP contribution in [0.2, 0.25) is 0 Å². The van der Waals surface area contributed by atoms with Gasteiger partial charge in [-0.1, -0.05) is 48.6 Å². The third kappa shape index (κ3) is 3.25. The van der Waals surface area contributed by atoms with Crippen molar-refractivity contribution in [3.05, 3.63) is 77.4 Å². The first-order valence-electron chi connectivity index (χ1n) is 11.8. The van der Waals surface area contributed by atoms with E-state index in [0.717, 1.165) is 23.1 Å². The van der Waals surface area contributed by atoms with Gasteiger partial charge in [0.1, 0.15) is 11.8 Å². The summed E-state index contributed by atoms with van der Waals surface area (Å²) < 4.78 is 5.77. The number of allylic oxidation sites excluding steroid dienone is 2. The Bertz CT molecular complexity index is 1130. The highest BCUT2D eigenvalue weighted by Gasteiger charge is 2.68. The molecule has 1 saturated heterocycles. The number of imide groups is 1. The molecule has 4 aliphatic carbocycles. The zero-order valence-electron chi connectivity index (χ0n) is 18.8. The summed E-state index contributed by atoms with van der Waals surface area (Å²) in [5.41, 5.74) is 2.86. The molecule has 0 aromatic heterocycles. The van der Waals surface area contributed by atoms with Crippen LogP contribution in [0.4, 0.5) is 0 Å². The number of likely N-dealkylation sites (tertiary alicyclic amines) is 1. The van der Waals surface area contributed by atoms with Crippen LogP contribution in [0.5, 0.6) is 5.75 Å². The molecule has 1 aliphatic heterocycles. The van der Waals surface area contributed by atoms with E-state index >= 15 is 0 Å². The number of ether oxygens (including phenoxy) is 1. The summed E-state index contributed by atoms with van der Waals surface area (Å²) >= 11 is 0. The molecule has 2 aromatic carbocycles. The van der Waals surface area contributed by atoms with Crippen molar-refractivity contribution in [3.8, 4) is 5.75 Å². The van der Waals surface area contributed by atoms with Gasteiger partial charge in [-0.05, 0) is 72.8 Å². The second-order valence-corrected chi connectivity index (χ2v) is 10.2. The first-order valence-corrected chi connectivity index (χ1v) is 11.8. The molecule has 1 heterocycles. The van der Waals surface area contributed by atoms with Crippen LogP contribution in [0.1, 0.15) is 23.1 Å². The van der Waals surface area contributed by atoms with Gasteiger partial charge < -0.3 is 4.74 Å². The fourth-order valence-electron chi connectivity index (χ4n) is 6.58. The first-order chi connectivity index (χ1) is 15.9. The number of carbonyl (C=O) groups is 3. The number of nitrogens with zero attached hydrogens (tertiary/aromatic N) is 1. The molecule has 0 N–H and O–H groups in total. The molecule has 2 saturated carbocycles. The molecule has 3 fully saturated rings. The SMILES string of the molecule is Cc1cc(C)cc(OC(=O)[C@H](Cc2ccccc2)N2C(=O)[C@@H]3[C@H]4C=C[C@@H]([C@@H]5C[C@@H]45)[C@@H]3C2=O)c1. The van der Waals surface area contributed by atoms with E-state index in [-0.39, 0.29) is 41.9 Å². The van der Waals surface area contributed by atoms with Crippen LogP contribution >= 0.6 is 0 Å². The molecule has 7 atom stereocenters. The van der Waals surface area contributed by atoms with Crippen molar-refractivity contribution in [2.45, 2.75) is 32.7 Å². The Labute approximate surface area is 193 Å². The molecule has 33 heavy (non-hydrogen) atoms. The molecule has 5 nitrogen and oxygen atoms in total. The van der Waals surface area contributed by atoms with Gasteiger partial charge in [0.25, 0.3) is 0 Å². The maximum absolute atomic E-state index is 13.7. The van der Waals surface area contributed by atoms with E-state index in [9.17, 15) is 14.4 Å². The highest BCUT2D eigenvalue weighted by Crippen LogP contribution is 2.65. The average Bonchev–Trinajstić information content (AvgIpc) is 3.56. The van der Waals surface area contributed by atoms with E-state index < -0.39 is 12.0 Å². The molecule has 2 bridgehead atoms. The van der Waals surface area contributed by atoms with E-state index in [1.54, 1.807) is 12.1 Å². The number of esters is 1. The molecule has 7 rings (SSSR count). The Balaban J connectivity index is 1.34. The lowest BCUT2D eigenvalue weighted by molar-refractivity contribution is -0.153. The number of carbonyl (C=O) groups excluding carboxylic acids is 3. The van der Waals surface area contributed by atoms with Gasteiger partial charge in [0.05, 0.1) is 11.8 Å². The number of benzene rings is 2. The zero-order valence-corrected chi connectivity index (χ0v) is 18.8. The van der Waals surface area contributed by atoms with Crippen molar-refractivity contribution in [1.82, 2.24) is 4.90 Å². The number of amides is 2. The van der Waals surface area contributed by atoms with Crippen LogP contribution in [0.15, 0.2) is 60.7 Å². The van der Waals surface area contributed by atoms with Crippen molar-refractivity contribution in [2.24, 2.45) is 35.5 Å². The summed E-state index contributed by atoms with van der Waals surface area (Å²) in [7, 11) is 0. The van der Waals surface area contributed by atoms with Crippen LogP contribution in [-0.2, 0) is 20.8 Å². The van der Waals surface area contributed by atoms with E-state index in [1.807, 2.05) is 50.2 Å². The van der Waals surface area contributed by atoms with Crippen LogP contribution in [0.3, 0.4) is 0 Å². The molecule has 0 unspecified atom stereocenters. The maximum Gasteiger partial charge on any atom is 0.335 e. The highest BCUT2D eigenvalue weighted by atomic mass is 16.5. The van der Waals surface area contributed by atoms with Gasteiger partial charge in [-0.3, -0.25) is 14.5 Å². The minimum atomic E-state index is -0.977. The minimum absolute atomic E-state index is 0.124. The van der Waals surface area contributed by atoms with Crippen molar-refractivity contribution in [2.75, 3.05) is 0 Å². The highest BCUT2D eigenvalue weighted by molar-refractivity contribution is 6.09. The summed E-state index contributed by atoms with van der Waals surface area (Å²) in [6.45, 7) is 3.89. The second-order valence-electron chi connectivity index (χ2n) is 10.2. The van der Waals surface area contributed by atoms with Crippen LogP contribution in [0.25, 0.3) is 0 Å². The Morgan fingerprint density at radius 1 is 0.939 bits per heavy atom.